The van der Waals surface area contributed by atoms with E-state index in [-0.39, 0.29) is 11.3 Å². The fourth-order valence-electron chi connectivity index (χ4n) is 3.15. The number of nitrogens with one attached hydrogen (secondary N) is 1. The van der Waals surface area contributed by atoms with Gasteiger partial charge in [-0.3, -0.25) is 4.79 Å². The van der Waals surface area contributed by atoms with Gasteiger partial charge in [0.2, 0.25) is 5.91 Å². The van der Waals surface area contributed by atoms with Crippen LogP contribution in [0, 0.1) is 16.7 Å². The summed E-state index contributed by atoms with van der Waals surface area (Å²) in [4.78, 5) is 19.8. The highest BCUT2D eigenvalue weighted by Gasteiger charge is 2.37. The maximum Gasteiger partial charge on any atom is 0.226 e. The van der Waals surface area contributed by atoms with E-state index in [2.05, 4.69) is 16.3 Å². The molecule has 1 aliphatic heterocycles. The van der Waals surface area contributed by atoms with Crippen LogP contribution in [0.4, 0.5) is 5.69 Å². The Kier molecular flexibility index (Phi) is 7.27. The normalized spacial score (nSPS) is 16.4. The van der Waals surface area contributed by atoms with Crippen molar-refractivity contribution in [1.29, 1.82) is 5.26 Å². The molecule has 1 amide bonds. The number of benzene rings is 1. The van der Waals surface area contributed by atoms with Gasteiger partial charge in [0.1, 0.15) is 6.07 Å². The van der Waals surface area contributed by atoms with E-state index in [1.165, 1.54) is 0 Å². The van der Waals surface area contributed by atoms with Gasteiger partial charge in [-0.25, -0.2) is 0 Å². The minimum Gasteiger partial charge on any atom is -0.370 e. The quantitative estimate of drug-likeness (QED) is 0.583. The summed E-state index contributed by atoms with van der Waals surface area (Å²) in [5.74, 6) is 0.105. The molecule has 1 fully saturated rings. The average Bonchev–Trinajstić information content (AvgIpc) is 2.65. The molecule has 2 rings (SSSR count). The lowest BCUT2D eigenvalue weighted by Crippen LogP contribution is -2.47. The van der Waals surface area contributed by atoms with Crippen molar-refractivity contribution in [3.63, 3.8) is 0 Å². The Hall–Kier alpha value is -1.81. The van der Waals surface area contributed by atoms with Crippen LogP contribution in [0.5, 0.6) is 0 Å². The smallest absolute Gasteiger partial charge is 0.226 e. The first kappa shape index (κ1) is 20.5. The molecular weight excluding hydrogens is 352 g/mol. The fourth-order valence-corrected chi connectivity index (χ4v) is 3.32. The molecule has 1 aromatic carbocycles. The van der Waals surface area contributed by atoms with Gasteiger partial charge in [0.15, 0.2) is 0 Å². The minimum atomic E-state index is -0.372. The number of rotatable bonds is 7. The summed E-state index contributed by atoms with van der Waals surface area (Å²) < 4.78 is 0. The Morgan fingerprint density at radius 3 is 2.77 bits per heavy atom. The lowest BCUT2D eigenvalue weighted by Gasteiger charge is -2.39. The number of hydroxylamine groups is 2. The molecule has 0 radical (unpaired) electrons. The maximum atomic E-state index is 12.6. The third-order valence-corrected chi connectivity index (χ3v) is 5.32. The molecule has 26 heavy (non-hydrogen) atoms. The Balaban J connectivity index is 1.88. The van der Waals surface area contributed by atoms with E-state index in [1.54, 1.807) is 24.3 Å². The third-order valence-electron chi connectivity index (χ3n) is 5.08. The number of hydrogen-bond acceptors (Lipinski definition) is 5. The van der Waals surface area contributed by atoms with Crippen LogP contribution < -0.4 is 10.2 Å². The topological polar surface area (TPSA) is 68.6 Å². The molecule has 7 heteroatoms. The SMILES string of the molecule is CON(C)CCCNC(=O)C1(C)CCN(c2ccc(Cl)cc2C#N)CC1. The second kappa shape index (κ2) is 9.22. The van der Waals surface area contributed by atoms with Gasteiger partial charge in [0.25, 0.3) is 0 Å². The van der Waals surface area contributed by atoms with E-state index in [0.29, 0.717) is 17.1 Å². The predicted molar refractivity (Wildman–Crippen MR) is 103 cm³/mol. The molecule has 0 aliphatic carbocycles. The Labute approximate surface area is 160 Å². The summed E-state index contributed by atoms with van der Waals surface area (Å²) in [6.07, 6.45) is 2.35. The van der Waals surface area contributed by atoms with Crippen LogP contribution in [0.15, 0.2) is 18.2 Å². The van der Waals surface area contributed by atoms with Crippen LogP contribution in [-0.4, -0.2) is 51.3 Å². The monoisotopic (exact) mass is 378 g/mol. The van der Waals surface area contributed by atoms with E-state index < -0.39 is 0 Å². The molecule has 1 saturated heterocycles. The molecule has 0 atom stereocenters. The lowest BCUT2D eigenvalue weighted by molar-refractivity contribution is -0.131. The second-order valence-corrected chi connectivity index (χ2v) is 7.40. The Morgan fingerprint density at radius 2 is 2.15 bits per heavy atom. The Morgan fingerprint density at radius 1 is 1.46 bits per heavy atom. The molecule has 1 heterocycles. The van der Waals surface area contributed by atoms with E-state index in [9.17, 15) is 10.1 Å². The highest BCUT2D eigenvalue weighted by Crippen LogP contribution is 2.34. The van der Waals surface area contributed by atoms with Gasteiger partial charge in [-0.1, -0.05) is 18.5 Å². The standard InChI is InChI=1S/C19H27ClN4O2/c1-19(18(25)22-9-4-10-23(2)26-3)7-11-24(12-8-19)17-6-5-16(20)13-15(17)14-21/h5-6,13H,4,7-12H2,1-3H3,(H,22,25). The molecule has 0 unspecified atom stereocenters. The molecule has 0 saturated carbocycles. The lowest BCUT2D eigenvalue weighted by atomic mass is 9.79. The summed E-state index contributed by atoms with van der Waals surface area (Å²) in [6, 6.07) is 7.58. The van der Waals surface area contributed by atoms with E-state index in [0.717, 1.165) is 44.6 Å². The van der Waals surface area contributed by atoms with Crippen molar-refractivity contribution in [3.8, 4) is 6.07 Å². The highest BCUT2D eigenvalue weighted by molar-refractivity contribution is 6.30. The van der Waals surface area contributed by atoms with Gasteiger partial charge in [0, 0.05) is 43.7 Å². The predicted octanol–water partition coefficient (Wildman–Crippen LogP) is 2.82. The minimum absolute atomic E-state index is 0.105. The van der Waals surface area contributed by atoms with Crippen LogP contribution >= 0.6 is 11.6 Å². The number of halogens is 1. The van der Waals surface area contributed by atoms with Crippen LogP contribution in [0.2, 0.25) is 5.02 Å². The number of piperidine rings is 1. The molecule has 0 bridgehead atoms. The third kappa shape index (κ3) is 5.10. The van der Waals surface area contributed by atoms with Crippen molar-refractivity contribution in [2.45, 2.75) is 26.2 Å². The van der Waals surface area contributed by atoms with Crippen molar-refractivity contribution in [2.75, 3.05) is 45.2 Å². The molecule has 0 aromatic heterocycles. The zero-order valence-electron chi connectivity index (χ0n) is 15.7. The van der Waals surface area contributed by atoms with E-state index in [4.69, 9.17) is 16.4 Å². The zero-order valence-corrected chi connectivity index (χ0v) is 16.5. The number of carbonyl (C=O) groups excluding carboxylic acids is 1. The van der Waals surface area contributed by atoms with Crippen LogP contribution in [-0.2, 0) is 9.63 Å². The highest BCUT2D eigenvalue weighted by atomic mass is 35.5. The molecule has 1 N–H and O–H groups in total. The molecular formula is C19H27ClN4O2. The van der Waals surface area contributed by atoms with Crippen LogP contribution in [0.1, 0.15) is 31.7 Å². The second-order valence-electron chi connectivity index (χ2n) is 6.96. The first-order valence-electron chi connectivity index (χ1n) is 8.88. The van der Waals surface area contributed by atoms with Gasteiger partial charge >= 0.3 is 0 Å². The summed E-state index contributed by atoms with van der Waals surface area (Å²) in [6.45, 7) is 4.92. The first-order valence-corrected chi connectivity index (χ1v) is 9.25. The van der Waals surface area contributed by atoms with Crippen molar-refractivity contribution < 1.29 is 9.63 Å². The van der Waals surface area contributed by atoms with Gasteiger partial charge in [-0.2, -0.15) is 10.3 Å². The number of carbonyl (C=O) groups is 1. The van der Waals surface area contributed by atoms with E-state index >= 15 is 0 Å². The number of anilines is 1. The summed E-state index contributed by atoms with van der Waals surface area (Å²) in [5.41, 5.74) is 1.10. The number of nitrogens with zero attached hydrogens (tertiary/aromatic N) is 3. The fraction of sp³-hybridized carbons (Fsp3) is 0.579. The van der Waals surface area contributed by atoms with E-state index in [1.807, 2.05) is 20.0 Å². The average molecular weight is 379 g/mol. The number of nitriles is 1. The molecule has 1 aromatic rings. The molecule has 142 valence electrons. The van der Waals surface area contributed by atoms with Crippen LogP contribution in [0.25, 0.3) is 0 Å². The summed E-state index contributed by atoms with van der Waals surface area (Å²) in [5, 5.41) is 14.7. The van der Waals surface area contributed by atoms with Gasteiger partial charge in [-0.05, 0) is 37.5 Å². The first-order chi connectivity index (χ1) is 12.4. The summed E-state index contributed by atoms with van der Waals surface area (Å²) >= 11 is 5.98. The van der Waals surface area contributed by atoms with Crippen molar-refractivity contribution in [3.05, 3.63) is 28.8 Å². The molecule has 6 nitrogen and oxygen atoms in total. The van der Waals surface area contributed by atoms with Gasteiger partial charge in [-0.15, -0.1) is 0 Å². The van der Waals surface area contributed by atoms with Crippen molar-refractivity contribution in [2.24, 2.45) is 5.41 Å². The summed E-state index contributed by atoms with van der Waals surface area (Å²) in [7, 11) is 3.50. The molecule has 1 aliphatic rings. The molecule has 0 spiro atoms. The van der Waals surface area contributed by atoms with Crippen molar-refractivity contribution in [1.82, 2.24) is 10.4 Å². The Bertz CT molecular complexity index is 666. The number of hydrogen-bond donors (Lipinski definition) is 1. The van der Waals surface area contributed by atoms with Gasteiger partial charge < -0.3 is 15.1 Å². The van der Waals surface area contributed by atoms with Crippen molar-refractivity contribution >= 4 is 23.2 Å². The largest absolute Gasteiger partial charge is 0.370 e. The van der Waals surface area contributed by atoms with Gasteiger partial charge in [0.05, 0.1) is 18.4 Å². The maximum absolute atomic E-state index is 12.6. The zero-order chi connectivity index (χ0) is 19.2. The van der Waals surface area contributed by atoms with Crippen LogP contribution in [0.3, 0.4) is 0 Å². The number of amides is 1.